The minimum Gasteiger partial charge on any atom is -0.481 e. The number of hydrogen-bond donors (Lipinski definition) is 1. The molecule has 0 bridgehead atoms. The molecule has 106 valence electrons. The molecule has 0 aliphatic rings. The monoisotopic (exact) mass is 278 g/mol. The fourth-order valence-corrected chi connectivity index (χ4v) is 1.93. The molecule has 0 atom stereocenters. The van der Waals surface area contributed by atoms with E-state index in [-0.39, 0.29) is 24.6 Å². The SMILES string of the molecule is CCOC(=O)c1c(C)nc2nc(CC(=O)O)nn2c1C. The van der Waals surface area contributed by atoms with Gasteiger partial charge in [-0.2, -0.15) is 4.98 Å². The molecule has 2 aromatic rings. The molecule has 0 spiro atoms. The Bertz CT molecular complexity index is 692. The molecule has 0 saturated carbocycles. The molecule has 1 N–H and O–H groups in total. The number of rotatable bonds is 4. The third-order valence-electron chi connectivity index (χ3n) is 2.73. The van der Waals surface area contributed by atoms with E-state index in [2.05, 4.69) is 15.1 Å². The average Bonchev–Trinajstić information content (AvgIpc) is 2.71. The minimum atomic E-state index is -1.03. The van der Waals surface area contributed by atoms with Crippen molar-refractivity contribution in [1.29, 1.82) is 0 Å². The second kappa shape index (κ2) is 5.24. The number of hydrogen-bond acceptors (Lipinski definition) is 6. The number of fused-ring (bicyclic) bond motifs is 1. The Kier molecular flexibility index (Phi) is 3.64. The predicted molar refractivity (Wildman–Crippen MR) is 67.6 cm³/mol. The molecule has 0 amide bonds. The zero-order valence-corrected chi connectivity index (χ0v) is 11.4. The quantitative estimate of drug-likeness (QED) is 0.813. The highest BCUT2D eigenvalue weighted by Crippen LogP contribution is 2.15. The van der Waals surface area contributed by atoms with E-state index in [1.54, 1.807) is 20.8 Å². The van der Waals surface area contributed by atoms with E-state index in [1.165, 1.54) is 4.52 Å². The molecule has 2 aromatic heterocycles. The summed E-state index contributed by atoms with van der Waals surface area (Å²) < 4.78 is 6.33. The zero-order chi connectivity index (χ0) is 14.9. The highest BCUT2D eigenvalue weighted by Gasteiger charge is 2.20. The Morgan fingerprint density at radius 3 is 2.60 bits per heavy atom. The van der Waals surface area contributed by atoms with Gasteiger partial charge < -0.3 is 9.84 Å². The van der Waals surface area contributed by atoms with Gasteiger partial charge in [0.05, 0.1) is 18.0 Å². The number of nitrogens with zero attached hydrogens (tertiary/aromatic N) is 4. The van der Waals surface area contributed by atoms with E-state index in [0.29, 0.717) is 17.0 Å². The molecular formula is C12H14N4O4. The third kappa shape index (κ3) is 2.44. The summed E-state index contributed by atoms with van der Waals surface area (Å²) >= 11 is 0. The Morgan fingerprint density at radius 2 is 2.00 bits per heavy atom. The van der Waals surface area contributed by atoms with Crippen LogP contribution in [0.1, 0.15) is 34.5 Å². The number of aryl methyl sites for hydroxylation is 2. The number of aromatic nitrogens is 4. The van der Waals surface area contributed by atoms with Crippen LogP contribution >= 0.6 is 0 Å². The number of carboxylic acid groups (broad SMARTS) is 1. The van der Waals surface area contributed by atoms with Crippen LogP contribution in [0.3, 0.4) is 0 Å². The fraction of sp³-hybridized carbons (Fsp3) is 0.417. The number of carbonyl (C=O) groups excluding carboxylic acids is 1. The summed E-state index contributed by atoms with van der Waals surface area (Å²) in [5.41, 5.74) is 1.32. The van der Waals surface area contributed by atoms with Crippen LogP contribution in [0, 0.1) is 13.8 Å². The first-order valence-corrected chi connectivity index (χ1v) is 6.05. The van der Waals surface area contributed by atoms with Gasteiger partial charge in [-0.25, -0.2) is 14.3 Å². The van der Waals surface area contributed by atoms with Crippen LogP contribution in [0.15, 0.2) is 0 Å². The second-order valence-electron chi connectivity index (χ2n) is 4.19. The molecule has 20 heavy (non-hydrogen) atoms. The summed E-state index contributed by atoms with van der Waals surface area (Å²) in [6.07, 6.45) is -0.295. The van der Waals surface area contributed by atoms with Gasteiger partial charge in [-0.15, -0.1) is 5.10 Å². The largest absolute Gasteiger partial charge is 0.481 e. The molecule has 0 saturated heterocycles. The van der Waals surface area contributed by atoms with Crippen molar-refractivity contribution in [3.63, 3.8) is 0 Å². The summed E-state index contributed by atoms with van der Waals surface area (Å²) in [6, 6.07) is 0. The van der Waals surface area contributed by atoms with Crippen LogP contribution in [0.25, 0.3) is 5.78 Å². The summed E-state index contributed by atoms with van der Waals surface area (Å²) in [5, 5.41) is 12.8. The van der Waals surface area contributed by atoms with Crippen molar-refractivity contribution in [2.75, 3.05) is 6.61 Å². The van der Waals surface area contributed by atoms with Gasteiger partial charge in [0.1, 0.15) is 12.0 Å². The maximum absolute atomic E-state index is 11.9. The molecule has 2 heterocycles. The molecule has 0 aliphatic heterocycles. The molecular weight excluding hydrogens is 264 g/mol. The van der Waals surface area contributed by atoms with Crippen molar-refractivity contribution in [3.8, 4) is 0 Å². The van der Waals surface area contributed by atoms with E-state index in [4.69, 9.17) is 9.84 Å². The first-order chi connectivity index (χ1) is 9.43. The molecule has 8 nitrogen and oxygen atoms in total. The second-order valence-corrected chi connectivity index (χ2v) is 4.19. The van der Waals surface area contributed by atoms with Crippen LogP contribution in [0.4, 0.5) is 0 Å². The van der Waals surface area contributed by atoms with Crippen molar-refractivity contribution >= 4 is 17.7 Å². The summed E-state index contributed by atoms with van der Waals surface area (Å²) in [4.78, 5) is 30.8. The number of ether oxygens (including phenoxy) is 1. The smallest absolute Gasteiger partial charge is 0.341 e. The average molecular weight is 278 g/mol. The Morgan fingerprint density at radius 1 is 1.30 bits per heavy atom. The molecule has 0 radical (unpaired) electrons. The predicted octanol–water partition coefficient (Wildman–Crippen LogP) is 0.545. The van der Waals surface area contributed by atoms with Crippen LogP contribution in [0.2, 0.25) is 0 Å². The topological polar surface area (TPSA) is 107 Å². The lowest BCUT2D eigenvalue weighted by Gasteiger charge is -2.08. The van der Waals surface area contributed by atoms with Gasteiger partial charge in [-0.3, -0.25) is 4.79 Å². The molecule has 0 aromatic carbocycles. The standard InChI is InChI=1S/C12H14N4O4/c1-4-20-11(19)10-6(2)13-12-14-8(5-9(17)18)15-16(12)7(10)3/h4-5H2,1-3H3,(H,17,18). The molecule has 2 rings (SSSR count). The van der Waals surface area contributed by atoms with Crippen LogP contribution in [0.5, 0.6) is 0 Å². The van der Waals surface area contributed by atoms with Crippen LogP contribution in [-0.4, -0.2) is 43.2 Å². The highest BCUT2D eigenvalue weighted by atomic mass is 16.5. The number of esters is 1. The van der Waals surface area contributed by atoms with E-state index in [1.807, 2.05) is 0 Å². The van der Waals surface area contributed by atoms with Crippen molar-refractivity contribution in [3.05, 3.63) is 22.8 Å². The molecule has 8 heteroatoms. The van der Waals surface area contributed by atoms with Gasteiger partial charge in [0.25, 0.3) is 5.78 Å². The lowest BCUT2D eigenvalue weighted by Crippen LogP contribution is -2.14. The Balaban J connectivity index is 2.56. The third-order valence-corrected chi connectivity index (χ3v) is 2.73. The van der Waals surface area contributed by atoms with E-state index in [0.717, 1.165) is 0 Å². The van der Waals surface area contributed by atoms with Gasteiger partial charge in [-0.05, 0) is 20.8 Å². The number of carboxylic acids is 1. The normalized spacial score (nSPS) is 10.8. The van der Waals surface area contributed by atoms with Gasteiger partial charge in [0, 0.05) is 0 Å². The lowest BCUT2D eigenvalue weighted by molar-refractivity contribution is -0.136. The Labute approximate surface area is 114 Å². The first-order valence-electron chi connectivity index (χ1n) is 6.05. The lowest BCUT2D eigenvalue weighted by atomic mass is 10.2. The van der Waals surface area contributed by atoms with Gasteiger partial charge in [0.15, 0.2) is 5.82 Å². The van der Waals surface area contributed by atoms with Crippen LogP contribution < -0.4 is 0 Å². The van der Waals surface area contributed by atoms with Gasteiger partial charge in [0.2, 0.25) is 0 Å². The van der Waals surface area contributed by atoms with Crippen molar-refractivity contribution < 1.29 is 19.4 Å². The maximum atomic E-state index is 11.9. The van der Waals surface area contributed by atoms with Crippen LogP contribution in [-0.2, 0) is 16.0 Å². The minimum absolute atomic E-state index is 0.147. The highest BCUT2D eigenvalue weighted by molar-refractivity contribution is 5.92. The van der Waals surface area contributed by atoms with E-state index in [9.17, 15) is 9.59 Å². The van der Waals surface area contributed by atoms with E-state index < -0.39 is 11.9 Å². The van der Waals surface area contributed by atoms with Crippen molar-refractivity contribution in [2.24, 2.45) is 0 Å². The summed E-state index contributed by atoms with van der Waals surface area (Å²) in [5.74, 6) is -1.09. The van der Waals surface area contributed by atoms with Gasteiger partial charge in [-0.1, -0.05) is 0 Å². The fourth-order valence-electron chi connectivity index (χ4n) is 1.93. The maximum Gasteiger partial charge on any atom is 0.341 e. The summed E-state index contributed by atoms with van der Waals surface area (Å²) in [7, 11) is 0. The molecule has 0 aliphatic carbocycles. The van der Waals surface area contributed by atoms with Crippen molar-refractivity contribution in [2.45, 2.75) is 27.2 Å². The van der Waals surface area contributed by atoms with Gasteiger partial charge >= 0.3 is 11.9 Å². The zero-order valence-electron chi connectivity index (χ0n) is 11.4. The number of aliphatic carboxylic acids is 1. The number of carbonyl (C=O) groups is 2. The first kappa shape index (κ1) is 13.9. The summed E-state index contributed by atoms with van der Waals surface area (Å²) in [6.45, 7) is 5.34. The van der Waals surface area contributed by atoms with Crippen molar-refractivity contribution in [1.82, 2.24) is 19.6 Å². The van der Waals surface area contributed by atoms with E-state index >= 15 is 0 Å². The molecule has 0 unspecified atom stereocenters. The molecule has 0 fully saturated rings. The Hall–Kier alpha value is -2.51.